The molecule has 0 aliphatic heterocycles. The van der Waals surface area contributed by atoms with E-state index in [-0.39, 0.29) is 5.82 Å². The summed E-state index contributed by atoms with van der Waals surface area (Å²) in [5, 5.41) is 3.80. The lowest BCUT2D eigenvalue weighted by Crippen LogP contribution is -2.01. The van der Waals surface area contributed by atoms with Gasteiger partial charge in [0.25, 0.3) is 0 Å². The molecule has 7 heteroatoms. The number of hydrogen-bond acceptors (Lipinski definition) is 4. The van der Waals surface area contributed by atoms with Gasteiger partial charge in [0.2, 0.25) is 5.89 Å². The molecule has 92 valence electrons. The Bertz CT molecular complexity index is 773. The van der Waals surface area contributed by atoms with Gasteiger partial charge in [-0.1, -0.05) is 5.16 Å². The van der Waals surface area contributed by atoms with Crippen LogP contribution in [0.25, 0.3) is 11.0 Å². The minimum absolute atomic E-state index is 0.311. The van der Waals surface area contributed by atoms with Crippen molar-refractivity contribution in [1.29, 1.82) is 0 Å². The van der Waals surface area contributed by atoms with Crippen molar-refractivity contribution in [3.8, 4) is 0 Å². The second kappa shape index (κ2) is 4.02. The van der Waals surface area contributed by atoms with Gasteiger partial charge < -0.3 is 14.1 Å². The van der Waals surface area contributed by atoms with E-state index in [1.54, 1.807) is 17.6 Å². The number of nitrogens with one attached hydrogen (secondary N) is 1. The summed E-state index contributed by atoms with van der Waals surface area (Å²) in [6, 6.07) is 4.46. The molecule has 5 nitrogen and oxygen atoms in total. The highest BCUT2D eigenvalue weighted by Crippen LogP contribution is 2.16. The number of H-pyrrole nitrogens is 1. The van der Waals surface area contributed by atoms with Crippen molar-refractivity contribution in [2.75, 3.05) is 0 Å². The number of imidazole rings is 1. The maximum atomic E-state index is 13.3. The summed E-state index contributed by atoms with van der Waals surface area (Å²) in [6.45, 7) is 2.06. The van der Waals surface area contributed by atoms with Crippen LogP contribution in [-0.2, 0) is 6.54 Å². The molecule has 1 aromatic carbocycles. The van der Waals surface area contributed by atoms with E-state index >= 15 is 0 Å². The highest BCUT2D eigenvalue weighted by molar-refractivity contribution is 7.71. The van der Waals surface area contributed by atoms with E-state index in [2.05, 4.69) is 15.1 Å². The lowest BCUT2D eigenvalue weighted by atomic mass is 10.3. The molecule has 3 aromatic rings. The zero-order valence-electron chi connectivity index (χ0n) is 9.48. The van der Waals surface area contributed by atoms with E-state index in [0.29, 0.717) is 28.5 Å². The summed E-state index contributed by atoms with van der Waals surface area (Å²) in [6.07, 6.45) is 0. The Labute approximate surface area is 106 Å². The van der Waals surface area contributed by atoms with Gasteiger partial charge in [-0.05, 0) is 30.4 Å². The van der Waals surface area contributed by atoms with Gasteiger partial charge in [0, 0.05) is 6.92 Å². The first-order valence-electron chi connectivity index (χ1n) is 5.31. The van der Waals surface area contributed by atoms with E-state index in [9.17, 15) is 4.39 Å². The second-order valence-corrected chi connectivity index (χ2v) is 4.29. The van der Waals surface area contributed by atoms with Crippen LogP contribution >= 0.6 is 12.2 Å². The van der Waals surface area contributed by atoms with Crippen LogP contribution in [0.5, 0.6) is 0 Å². The molecule has 2 heterocycles. The van der Waals surface area contributed by atoms with E-state index in [1.165, 1.54) is 12.1 Å². The minimum atomic E-state index is -0.311. The Morgan fingerprint density at radius 2 is 2.33 bits per heavy atom. The molecule has 0 aliphatic carbocycles. The molecule has 0 saturated heterocycles. The Morgan fingerprint density at radius 1 is 1.50 bits per heavy atom. The third-order valence-electron chi connectivity index (χ3n) is 2.61. The van der Waals surface area contributed by atoms with Crippen LogP contribution in [0.3, 0.4) is 0 Å². The molecule has 0 bridgehead atoms. The third-order valence-corrected chi connectivity index (χ3v) is 2.93. The maximum Gasteiger partial charge on any atom is 0.223 e. The van der Waals surface area contributed by atoms with Crippen molar-refractivity contribution in [3.05, 3.63) is 40.5 Å². The molecule has 0 saturated carbocycles. The molecule has 2 aromatic heterocycles. The molecule has 0 unspecified atom stereocenters. The van der Waals surface area contributed by atoms with E-state index < -0.39 is 0 Å². The predicted molar refractivity (Wildman–Crippen MR) is 65.2 cm³/mol. The van der Waals surface area contributed by atoms with Crippen molar-refractivity contribution in [3.63, 3.8) is 0 Å². The van der Waals surface area contributed by atoms with Gasteiger partial charge in [0.1, 0.15) is 5.82 Å². The van der Waals surface area contributed by atoms with E-state index in [0.717, 1.165) is 5.52 Å². The summed E-state index contributed by atoms with van der Waals surface area (Å²) in [5.41, 5.74) is 1.46. The van der Waals surface area contributed by atoms with Gasteiger partial charge in [-0.25, -0.2) is 4.39 Å². The second-order valence-electron chi connectivity index (χ2n) is 3.91. The molecule has 0 aliphatic rings. The molecule has 0 amide bonds. The predicted octanol–water partition coefficient (Wildman–Crippen LogP) is 2.58. The van der Waals surface area contributed by atoms with Gasteiger partial charge in [-0.2, -0.15) is 4.98 Å². The summed E-state index contributed by atoms with van der Waals surface area (Å²) in [7, 11) is 0. The molecule has 1 N–H and O–H groups in total. The minimum Gasteiger partial charge on any atom is -0.340 e. The normalized spacial score (nSPS) is 11.2. The molecule has 0 radical (unpaired) electrons. The van der Waals surface area contributed by atoms with E-state index in [1.807, 2.05) is 0 Å². The third kappa shape index (κ3) is 1.82. The first-order chi connectivity index (χ1) is 8.63. The fourth-order valence-corrected chi connectivity index (χ4v) is 2.10. The first-order valence-corrected chi connectivity index (χ1v) is 5.71. The Kier molecular flexibility index (Phi) is 2.48. The SMILES string of the molecule is Cc1nc(Cn2c(=S)[nH]c3ccc(F)cc32)no1. The van der Waals surface area contributed by atoms with Crippen LogP contribution in [0.1, 0.15) is 11.7 Å². The summed E-state index contributed by atoms with van der Waals surface area (Å²) in [5.74, 6) is 0.686. The van der Waals surface area contributed by atoms with Gasteiger partial charge in [-0.15, -0.1) is 0 Å². The molecule has 0 spiro atoms. The number of aryl methyl sites for hydroxylation is 1. The lowest BCUT2D eigenvalue weighted by molar-refractivity contribution is 0.386. The number of halogens is 1. The fraction of sp³-hybridized carbons (Fsp3) is 0.182. The Balaban J connectivity index is 2.13. The first kappa shape index (κ1) is 11.1. The smallest absolute Gasteiger partial charge is 0.223 e. The number of benzene rings is 1. The van der Waals surface area contributed by atoms with Crippen molar-refractivity contribution in [2.24, 2.45) is 0 Å². The van der Waals surface area contributed by atoms with Gasteiger partial charge in [0.05, 0.1) is 17.6 Å². The van der Waals surface area contributed by atoms with Crippen LogP contribution in [0.4, 0.5) is 4.39 Å². The zero-order chi connectivity index (χ0) is 12.7. The number of rotatable bonds is 2. The number of aromatic nitrogens is 4. The summed E-state index contributed by atoms with van der Waals surface area (Å²) >= 11 is 5.20. The number of nitrogens with zero attached hydrogens (tertiary/aromatic N) is 3. The highest BCUT2D eigenvalue weighted by atomic mass is 32.1. The lowest BCUT2D eigenvalue weighted by Gasteiger charge is -2.00. The van der Waals surface area contributed by atoms with Crippen LogP contribution in [0.15, 0.2) is 22.7 Å². The Hall–Kier alpha value is -2.02. The van der Waals surface area contributed by atoms with E-state index in [4.69, 9.17) is 16.7 Å². The van der Waals surface area contributed by atoms with Gasteiger partial charge in [0.15, 0.2) is 10.6 Å². The van der Waals surface area contributed by atoms with Crippen LogP contribution in [0.2, 0.25) is 0 Å². The molecule has 0 atom stereocenters. The quantitative estimate of drug-likeness (QED) is 0.723. The molecule has 18 heavy (non-hydrogen) atoms. The number of hydrogen-bond donors (Lipinski definition) is 1. The fourth-order valence-electron chi connectivity index (χ4n) is 1.83. The van der Waals surface area contributed by atoms with Crippen molar-refractivity contribution < 1.29 is 8.91 Å². The monoisotopic (exact) mass is 264 g/mol. The zero-order valence-corrected chi connectivity index (χ0v) is 10.3. The summed E-state index contributed by atoms with van der Waals surface area (Å²) < 4.78 is 20.4. The maximum absolute atomic E-state index is 13.3. The van der Waals surface area contributed by atoms with Gasteiger partial charge in [-0.3, -0.25) is 0 Å². The standard InChI is InChI=1S/C11H9FN4OS/c1-6-13-10(15-17-6)5-16-9-4-7(12)2-3-8(9)14-11(16)18/h2-4H,5H2,1H3,(H,14,18). The van der Waals surface area contributed by atoms with Crippen LogP contribution < -0.4 is 0 Å². The van der Waals surface area contributed by atoms with Crippen molar-refractivity contribution in [1.82, 2.24) is 19.7 Å². The van der Waals surface area contributed by atoms with Gasteiger partial charge >= 0.3 is 0 Å². The average Bonchev–Trinajstić information content (AvgIpc) is 2.86. The Morgan fingerprint density at radius 3 is 3.06 bits per heavy atom. The van der Waals surface area contributed by atoms with Crippen molar-refractivity contribution in [2.45, 2.75) is 13.5 Å². The summed E-state index contributed by atoms with van der Waals surface area (Å²) in [4.78, 5) is 7.11. The number of fused-ring (bicyclic) bond motifs is 1. The molecular weight excluding hydrogens is 255 g/mol. The highest BCUT2D eigenvalue weighted by Gasteiger charge is 2.09. The topological polar surface area (TPSA) is 59.6 Å². The van der Waals surface area contributed by atoms with Crippen LogP contribution in [-0.4, -0.2) is 19.7 Å². The largest absolute Gasteiger partial charge is 0.340 e. The molecular formula is C11H9FN4OS. The van der Waals surface area contributed by atoms with Crippen LogP contribution in [0, 0.1) is 17.5 Å². The molecule has 3 rings (SSSR count). The van der Waals surface area contributed by atoms with Crippen molar-refractivity contribution >= 4 is 23.3 Å². The molecule has 0 fully saturated rings. The number of aromatic amines is 1. The average molecular weight is 264 g/mol.